The van der Waals surface area contributed by atoms with E-state index in [1.165, 1.54) is 0 Å². The molecule has 3 fully saturated rings. The van der Waals surface area contributed by atoms with Gasteiger partial charge in [-0.2, -0.15) is 0 Å². The SMILES string of the molecule is CCOC(=O)CC(=O)OC[C@H]1OC(C)(C)O[C@@H]1CO[Si](OC[C@H]1OC(C)(C)O[C@@H]1COC(=O)CC(=O)OCC)(OC[C@H]1OC(C)(C)O[C@@H]1COC(=O)CC(=O)OCC)C(C)(C)C. The van der Waals surface area contributed by atoms with Gasteiger partial charge in [-0.05, 0) is 62.3 Å². The number of carbonyl (C=O) groups excluding carboxylic acids is 6. The molecule has 3 aliphatic heterocycles. The molecule has 3 heterocycles. The second kappa shape index (κ2) is 23.0. The molecule has 22 heteroatoms. The van der Waals surface area contributed by atoms with Crippen LogP contribution in [0.4, 0.5) is 0 Å². The largest absolute Gasteiger partial charge is 0.506 e. The van der Waals surface area contributed by atoms with E-state index in [1.807, 2.05) is 20.8 Å². The molecule has 0 N–H and O–H groups in total. The Balaban J connectivity index is 1.88. The second-order valence-electron chi connectivity index (χ2n) is 16.9. The molecule has 3 saturated heterocycles. The van der Waals surface area contributed by atoms with Crippen molar-refractivity contribution in [3.8, 4) is 0 Å². The van der Waals surface area contributed by atoms with Crippen LogP contribution >= 0.6 is 0 Å². The summed E-state index contributed by atoms with van der Waals surface area (Å²) in [5.41, 5.74) is 0. The number of hydrogen-bond acceptors (Lipinski definition) is 21. The van der Waals surface area contributed by atoms with Crippen molar-refractivity contribution in [2.75, 3.05) is 59.5 Å². The van der Waals surface area contributed by atoms with Crippen LogP contribution in [0.3, 0.4) is 0 Å². The molecule has 0 amide bonds. The molecule has 0 spiro atoms. The lowest BCUT2D eigenvalue weighted by molar-refractivity contribution is -0.164. The summed E-state index contributed by atoms with van der Waals surface area (Å²) in [7, 11) is -4.07. The zero-order chi connectivity index (χ0) is 46.5. The van der Waals surface area contributed by atoms with Crippen molar-refractivity contribution in [3.63, 3.8) is 0 Å². The van der Waals surface area contributed by atoms with Crippen molar-refractivity contribution < 1.29 is 98.9 Å². The van der Waals surface area contributed by atoms with Gasteiger partial charge in [0.15, 0.2) is 17.4 Å². The van der Waals surface area contributed by atoms with Crippen LogP contribution in [-0.2, 0) is 98.9 Å². The molecular weight excluding hydrogens is 845 g/mol. The van der Waals surface area contributed by atoms with Crippen LogP contribution in [0.5, 0.6) is 0 Å². The van der Waals surface area contributed by atoms with Gasteiger partial charge in [0.25, 0.3) is 0 Å². The zero-order valence-corrected chi connectivity index (χ0v) is 39.0. The molecule has 0 saturated carbocycles. The molecule has 6 atom stereocenters. The fraction of sp³-hybridized carbons (Fsp3) is 0.850. The summed E-state index contributed by atoms with van der Waals surface area (Å²) in [5, 5.41) is -0.892. The molecule has 0 aromatic rings. The van der Waals surface area contributed by atoms with Crippen LogP contribution in [0.1, 0.15) is 102 Å². The molecule has 62 heavy (non-hydrogen) atoms. The molecule has 3 aliphatic rings. The second-order valence-corrected chi connectivity index (χ2v) is 20.3. The van der Waals surface area contributed by atoms with E-state index >= 15 is 0 Å². The number of rotatable bonds is 24. The van der Waals surface area contributed by atoms with Crippen molar-refractivity contribution in [2.45, 2.75) is 161 Å². The van der Waals surface area contributed by atoms with Gasteiger partial charge in [0.05, 0.1) is 39.6 Å². The Kier molecular flexibility index (Phi) is 19.7. The van der Waals surface area contributed by atoms with Crippen LogP contribution < -0.4 is 0 Å². The number of esters is 6. The van der Waals surface area contributed by atoms with Gasteiger partial charge in [-0.3, -0.25) is 28.8 Å². The summed E-state index contributed by atoms with van der Waals surface area (Å²) >= 11 is 0. The predicted molar refractivity (Wildman–Crippen MR) is 211 cm³/mol. The third-order valence-corrected chi connectivity index (χ3v) is 12.6. The first-order valence-corrected chi connectivity index (χ1v) is 22.5. The highest BCUT2D eigenvalue weighted by molar-refractivity contribution is 6.64. The smallest absolute Gasteiger partial charge is 0.466 e. The summed E-state index contributed by atoms with van der Waals surface area (Å²) in [6.45, 7) is 19.4. The van der Waals surface area contributed by atoms with E-state index < -0.39 is 123 Å². The van der Waals surface area contributed by atoms with E-state index in [-0.39, 0.29) is 59.5 Å². The van der Waals surface area contributed by atoms with Gasteiger partial charge in [0, 0.05) is 5.04 Å². The van der Waals surface area contributed by atoms with Gasteiger partial charge in [-0.25, -0.2) is 0 Å². The van der Waals surface area contributed by atoms with Crippen molar-refractivity contribution in [1.29, 1.82) is 0 Å². The van der Waals surface area contributed by atoms with Gasteiger partial charge < -0.3 is 70.1 Å². The van der Waals surface area contributed by atoms with Gasteiger partial charge in [-0.15, -0.1) is 0 Å². The molecule has 0 unspecified atom stereocenters. The highest BCUT2D eigenvalue weighted by atomic mass is 28.4. The highest BCUT2D eigenvalue weighted by Crippen LogP contribution is 2.42. The highest BCUT2D eigenvalue weighted by Gasteiger charge is 2.57. The van der Waals surface area contributed by atoms with E-state index in [1.54, 1.807) is 62.3 Å². The van der Waals surface area contributed by atoms with E-state index in [4.69, 9.17) is 70.1 Å². The lowest BCUT2D eigenvalue weighted by Gasteiger charge is -2.41. The lowest BCUT2D eigenvalue weighted by Crippen LogP contribution is -2.57. The van der Waals surface area contributed by atoms with E-state index in [0.29, 0.717) is 0 Å². The minimum atomic E-state index is -4.07. The zero-order valence-electron chi connectivity index (χ0n) is 38.0. The fourth-order valence-corrected chi connectivity index (χ4v) is 9.29. The summed E-state index contributed by atoms with van der Waals surface area (Å²) in [4.78, 5) is 73.0. The minimum Gasteiger partial charge on any atom is -0.466 e. The normalized spacial score (nSPS) is 25.2. The summed E-state index contributed by atoms with van der Waals surface area (Å²) in [6, 6.07) is 0. The summed E-state index contributed by atoms with van der Waals surface area (Å²) < 4.78 is 87.6. The van der Waals surface area contributed by atoms with Gasteiger partial charge in [-0.1, -0.05) is 20.8 Å². The van der Waals surface area contributed by atoms with Crippen molar-refractivity contribution in [1.82, 2.24) is 0 Å². The molecule has 21 nitrogen and oxygen atoms in total. The molecule has 3 rings (SSSR count). The molecule has 0 radical (unpaired) electrons. The Morgan fingerprint density at radius 2 is 0.613 bits per heavy atom. The average molecular weight is 911 g/mol. The third-order valence-electron chi connectivity index (χ3n) is 9.09. The third kappa shape index (κ3) is 17.0. The molecule has 0 aromatic carbocycles. The number of carbonyl (C=O) groups is 6. The first kappa shape index (κ1) is 53.0. The Morgan fingerprint density at radius 3 is 0.823 bits per heavy atom. The molecule has 356 valence electrons. The van der Waals surface area contributed by atoms with Crippen LogP contribution in [0.15, 0.2) is 0 Å². The van der Waals surface area contributed by atoms with Crippen molar-refractivity contribution in [3.05, 3.63) is 0 Å². The lowest BCUT2D eigenvalue weighted by atomic mass is 10.2. The topological polar surface area (TPSA) is 241 Å². The number of hydrogen-bond donors (Lipinski definition) is 0. The van der Waals surface area contributed by atoms with Gasteiger partial charge >= 0.3 is 44.6 Å². The van der Waals surface area contributed by atoms with Crippen LogP contribution in [-0.4, -0.2) is 158 Å². The monoisotopic (exact) mass is 910 g/mol. The van der Waals surface area contributed by atoms with E-state index in [2.05, 4.69) is 0 Å². The minimum absolute atomic E-state index is 0.106. The first-order chi connectivity index (χ1) is 28.8. The maximum Gasteiger partial charge on any atom is 0.506 e. The molecular formula is C40H66O21Si. The predicted octanol–water partition coefficient (Wildman–Crippen LogP) is 2.82. The number of ether oxygens (including phenoxy) is 12. The van der Waals surface area contributed by atoms with E-state index in [0.717, 1.165) is 0 Å². The average Bonchev–Trinajstić information content (AvgIpc) is 3.74. The van der Waals surface area contributed by atoms with Crippen LogP contribution in [0.2, 0.25) is 5.04 Å². The van der Waals surface area contributed by atoms with Crippen LogP contribution in [0, 0.1) is 0 Å². The Hall–Kier alpha value is -3.32. The maximum atomic E-state index is 12.5. The van der Waals surface area contributed by atoms with Crippen molar-refractivity contribution in [2.24, 2.45) is 0 Å². The maximum absolute atomic E-state index is 12.5. The van der Waals surface area contributed by atoms with Gasteiger partial charge in [0.2, 0.25) is 0 Å². The quantitative estimate of drug-likeness (QED) is 0.0585. The summed E-state index contributed by atoms with van der Waals surface area (Å²) in [6.07, 6.45) is -6.80. The Bertz CT molecular complexity index is 1360. The standard InChI is InChI=1S/C40H66O21Si/c1-13-47-31(41)16-34(44)50-19-25-28(59-38(7,8)56-25)22-53-62(37(4,5)6,54-23-29-26(57-39(9,10)60-29)20-51-35(45)17-32(42)48-14-2)55-24-30-27(58-40(11,12)61-30)21-52-36(46)18-33(43)49-15-3/h25-30H,13-24H2,1-12H3/t25-,26-,27-,28-,29-,30-/m1/s1. The molecule has 0 aromatic heterocycles. The first-order valence-electron chi connectivity index (χ1n) is 20.7. The van der Waals surface area contributed by atoms with Crippen LogP contribution in [0.25, 0.3) is 0 Å². The van der Waals surface area contributed by atoms with Gasteiger partial charge in [0.1, 0.15) is 75.7 Å². The Morgan fingerprint density at radius 1 is 0.403 bits per heavy atom. The fourth-order valence-electron chi connectivity index (χ4n) is 6.59. The van der Waals surface area contributed by atoms with Crippen molar-refractivity contribution >= 4 is 44.6 Å². The molecule has 0 aliphatic carbocycles. The Labute approximate surface area is 363 Å². The summed E-state index contributed by atoms with van der Waals surface area (Å²) in [5.74, 6) is -8.01. The van der Waals surface area contributed by atoms with E-state index in [9.17, 15) is 28.8 Å². The molecule has 0 bridgehead atoms.